The lowest BCUT2D eigenvalue weighted by Gasteiger charge is -2.24. The number of rotatable bonds is 5. The van der Waals surface area contributed by atoms with Crippen LogP contribution in [0.15, 0.2) is 4.99 Å². The van der Waals surface area contributed by atoms with Gasteiger partial charge in [-0.3, -0.25) is 9.20 Å². The van der Waals surface area contributed by atoms with Crippen molar-refractivity contribution in [2.75, 3.05) is 52.1 Å². The Bertz CT molecular complexity index is 427. The standard InChI is InChI=1S/C17H34N4OS/c1-17(2,3)23(22)12-8-19-16(18-4)21-11-7-15(14-21)13-20-9-5-6-10-20/h15H,5-14H2,1-4H3,(H,18,19). The maximum atomic E-state index is 12.1. The topological polar surface area (TPSA) is 47.9 Å². The zero-order chi connectivity index (χ0) is 16.9. The van der Waals surface area contributed by atoms with Gasteiger partial charge in [-0.05, 0) is 59.0 Å². The molecule has 2 unspecified atom stereocenters. The number of hydrogen-bond acceptors (Lipinski definition) is 3. The molecule has 23 heavy (non-hydrogen) atoms. The zero-order valence-corrected chi connectivity index (χ0v) is 16.1. The number of aliphatic imine (C=N–C) groups is 1. The Morgan fingerprint density at radius 2 is 1.96 bits per heavy atom. The third-order valence-electron chi connectivity index (χ3n) is 4.77. The average molecular weight is 343 g/mol. The first-order chi connectivity index (χ1) is 10.9. The van der Waals surface area contributed by atoms with Gasteiger partial charge in [-0.1, -0.05) is 0 Å². The summed E-state index contributed by atoms with van der Waals surface area (Å²) in [5.74, 6) is 2.41. The van der Waals surface area contributed by atoms with Crippen LogP contribution in [0.2, 0.25) is 0 Å². The van der Waals surface area contributed by atoms with Crippen LogP contribution in [0.4, 0.5) is 0 Å². The van der Waals surface area contributed by atoms with Crippen LogP contribution in [0.25, 0.3) is 0 Å². The van der Waals surface area contributed by atoms with E-state index in [1.165, 1.54) is 38.9 Å². The molecule has 2 atom stereocenters. The fourth-order valence-electron chi connectivity index (χ4n) is 3.40. The Morgan fingerprint density at radius 3 is 2.57 bits per heavy atom. The van der Waals surface area contributed by atoms with Crippen LogP contribution in [0.1, 0.15) is 40.0 Å². The second-order valence-corrected chi connectivity index (χ2v) is 10.1. The molecule has 1 N–H and O–H groups in total. The van der Waals surface area contributed by atoms with E-state index in [2.05, 4.69) is 20.1 Å². The minimum Gasteiger partial charge on any atom is -0.355 e. The van der Waals surface area contributed by atoms with E-state index in [9.17, 15) is 4.21 Å². The fourth-order valence-corrected chi connectivity index (χ4v) is 4.30. The molecule has 0 aromatic rings. The van der Waals surface area contributed by atoms with E-state index in [-0.39, 0.29) is 4.75 Å². The van der Waals surface area contributed by atoms with Gasteiger partial charge in [0.2, 0.25) is 0 Å². The molecule has 0 bridgehead atoms. The molecule has 0 aromatic heterocycles. The van der Waals surface area contributed by atoms with Crippen molar-refractivity contribution in [3.05, 3.63) is 0 Å². The highest BCUT2D eigenvalue weighted by molar-refractivity contribution is 7.86. The molecule has 0 spiro atoms. The van der Waals surface area contributed by atoms with Gasteiger partial charge in [-0.2, -0.15) is 0 Å². The van der Waals surface area contributed by atoms with Crippen molar-refractivity contribution >= 4 is 16.8 Å². The van der Waals surface area contributed by atoms with Gasteiger partial charge in [0.1, 0.15) is 0 Å². The fraction of sp³-hybridized carbons (Fsp3) is 0.941. The van der Waals surface area contributed by atoms with Crippen LogP contribution in [0, 0.1) is 5.92 Å². The van der Waals surface area contributed by atoms with Crippen molar-refractivity contribution in [1.82, 2.24) is 15.1 Å². The Balaban J connectivity index is 1.73. The number of nitrogens with zero attached hydrogens (tertiary/aromatic N) is 3. The molecule has 2 aliphatic rings. The lowest BCUT2D eigenvalue weighted by atomic mass is 10.1. The van der Waals surface area contributed by atoms with Gasteiger partial charge in [-0.15, -0.1) is 0 Å². The van der Waals surface area contributed by atoms with Crippen LogP contribution < -0.4 is 5.32 Å². The van der Waals surface area contributed by atoms with Gasteiger partial charge in [0.05, 0.1) is 0 Å². The van der Waals surface area contributed by atoms with Crippen LogP contribution in [0.3, 0.4) is 0 Å². The Labute approximate surface area is 144 Å². The number of hydrogen-bond donors (Lipinski definition) is 1. The van der Waals surface area contributed by atoms with Crippen molar-refractivity contribution < 1.29 is 4.21 Å². The maximum Gasteiger partial charge on any atom is 0.193 e. The molecule has 0 aromatic carbocycles. The molecule has 0 radical (unpaired) electrons. The maximum absolute atomic E-state index is 12.1. The Kier molecular flexibility index (Phi) is 6.89. The summed E-state index contributed by atoms with van der Waals surface area (Å²) >= 11 is 0. The molecule has 134 valence electrons. The summed E-state index contributed by atoms with van der Waals surface area (Å²) in [4.78, 5) is 9.38. The highest BCUT2D eigenvalue weighted by Gasteiger charge is 2.27. The van der Waals surface area contributed by atoms with Crippen molar-refractivity contribution in [2.24, 2.45) is 10.9 Å². The number of likely N-dealkylation sites (tertiary alicyclic amines) is 2. The average Bonchev–Trinajstić information content (AvgIpc) is 3.15. The molecule has 2 heterocycles. The van der Waals surface area contributed by atoms with E-state index in [4.69, 9.17) is 0 Å². The van der Waals surface area contributed by atoms with Crippen molar-refractivity contribution in [1.29, 1.82) is 0 Å². The Morgan fingerprint density at radius 1 is 1.26 bits per heavy atom. The molecule has 5 nitrogen and oxygen atoms in total. The lowest BCUT2D eigenvalue weighted by molar-refractivity contribution is 0.281. The summed E-state index contributed by atoms with van der Waals surface area (Å²) in [7, 11) is 1.03. The summed E-state index contributed by atoms with van der Waals surface area (Å²) in [6, 6.07) is 0. The largest absolute Gasteiger partial charge is 0.355 e. The van der Waals surface area contributed by atoms with Gasteiger partial charge >= 0.3 is 0 Å². The highest BCUT2D eigenvalue weighted by Crippen LogP contribution is 2.20. The van der Waals surface area contributed by atoms with Crippen molar-refractivity contribution in [3.63, 3.8) is 0 Å². The number of nitrogens with one attached hydrogen (secondary N) is 1. The van der Waals surface area contributed by atoms with Crippen molar-refractivity contribution in [3.8, 4) is 0 Å². The van der Waals surface area contributed by atoms with Gasteiger partial charge in [0, 0.05) is 54.5 Å². The van der Waals surface area contributed by atoms with E-state index >= 15 is 0 Å². The third-order valence-corrected chi connectivity index (χ3v) is 6.71. The van der Waals surface area contributed by atoms with Crippen LogP contribution >= 0.6 is 0 Å². The second kappa shape index (κ2) is 8.47. The quantitative estimate of drug-likeness (QED) is 0.608. The molecular weight excluding hydrogens is 308 g/mol. The Hall–Kier alpha value is -0.620. The summed E-state index contributed by atoms with van der Waals surface area (Å²) in [5, 5.41) is 3.40. The predicted molar refractivity (Wildman–Crippen MR) is 99.5 cm³/mol. The highest BCUT2D eigenvalue weighted by atomic mass is 32.2. The smallest absolute Gasteiger partial charge is 0.193 e. The first kappa shape index (κ1) is 18.7. The molecule has 0 amide bonds. The summed E-state index contributed by atoms with van der Waals surface area (Å²) in [6.07, 6.45) is 3.99. The molecular formula is C17H34N4OS. The van der Waals surface area contributed by atoms with Crippen molar-refractivity contribution in [2.45, 2.75) is 44.8 Å². The molecule has 2 fully saturated rings. The van der Waals surface area contributed by atoms with Crippen LogP contribution in [0.5, 0.6) is 0 Å². The minimum absolute atomic E-state index is 0.139. The van der Waals surface area contributed by atoms with Gasteiger partial charge in [0.15, 0.2) is 5.96 Å². The van der Waals surface area contributed by atoms with E-state index in [0.717, 1.165) is 31.5 Å². The lowest BCUT2D eigenvalue weighted by Crippen LogP contribution is -2.42. The monoisotopic (exact) mass is 342 g/mol. The van der Waals surface area contributed by atoms with E-state index in [0.29, 0.717) is 5.75 Å². The number of guanidine groups is 1. The van der Waals surface area contributed by atoms with E-state index < -0.39 is 10.8 Å². The minimum atomic E-state index is -0.810. The second-order valence-electron chi connectivity index (χ2n) is 7.74. The molecule has 2 saturated heterocycles. The third kappa shape index (κ3) is 5.75. The predicted octanol–water partition coefficient (Wildman–Crippen LogP) is 1.53. The van der Waals surface area contributed by atoms with Crippen LogP contribution in [-0.4, -0.2) is 76.8 Å². The van der Waals surface area contributed by atoms with E-state index in [1.54, 1.807) is 0 Å². The van der Waals surface area contributed by atoms with Gasteiger partial charge in [-0.25, -0.2) is 0 Å². The van der Waals surface area contributed by atoms with Crippen LogP contribution in [-0.2, 0) is 10.8 Å². The molecule has 2 aliphatic heterocycles. The summed E-state index contributed by atoms with van der Waals surface area (Å²) in [6.45, 7) is 12.8. The van der Waals surface area contributed by atoms with Gasteiger partial charge < -0.3 is 15.1 Å². The molecule has 6 heteroatoms. The molecule has 0 saturated carbocycles. The SMILES string of the molecule is CN=C(NCCS(=O)C(C)(C)C)N1CCC(CN2CCCC2)C1. The van der Waals surface area contributed by atoms with Gasteiger partial charge in [0.25, 0.3) is 0 Å². The normalized spacial score (nSPS) is 25.1. The summed E-state index contributed by atoms with van der Waals surface area (Å²) in [5.41, 5.74) is 0. The first-order valence-corrected chi connectivity index (χ1v) is 10.3. The van der Waals surface area contributed by atoms with E-state index in [1.807, 2.05) is 27.8 Å². The summed E-state index contributed by atoms with van der Waals surface area (Å²) < 4.78 is 12.0. The zero-order valence-electron chi connectivity index (χ0n) is 15.3. The molecule has 0 aliphatic carbocycles. The first-order valence-electron chi connectivity index (χ1n) is 8.96. The molecule has 2 rings (SSSR count).